The molecule has 3 rings (SSSR count). The molecular formula is C20H19F2N. The highest BCUT2D eigenvalue weighted by Crippen LogP contribution is 2.32. The van der Waals surface area contributed by atoms with Gasteiger partial charge in [0.2, 0.25) is 0 Å². The van der Waals surface area contributed by atoms with E-state index in [1.54, 1.807) is 18.2 Å². The predicted molar refractivity (Wildman–Crippen MR) is 92.3 cm³/mol. The molecule has 3 aromatic rings. The first-order valence-electron chi connectivity index (χ1n) is 7.60. The van der Waals surface area contributed by atoms with Gasteiger partial charge in [0, 0.05) is 16.6 Å². The first kappa shape index (κ1) is 15.5. The highest BCUT2D eigenvalue weighted by Gasteiger charge is 2.13. The number of hydrogen-bond donors (Lipinski definition) is 1. The molecule has 0 aliphatic rings. The minimum absolute atomic E-state index is 0.228. The fourth-order valence-corrected chi connectivity index (χ4v) is 3.12. The molecule has 0 aliphatic carbocycles. The Hall–Kier alpha value is -2.42. The van der Waals surface area contributed by atoms with Crippen LogP contribution in [-0.4, -0.2) is 4.98 Å². The van der Waals surface area contributed by atoms with Crippen molar-refractivity contribution in [3.8, 4) is 0 Å². The van der Waals surface area contributed by atoms with Gasteiger partial charge in [0.1, 0.15) is 11.6 Å². The van der Waals surface area contributed by atoms with E-state index in [9.17, 15) is 8.78 Å². The zero-order valence-electron chi connectivity index (χ0n) is 13.7. The fourth-order valence-electron chi connectivity index (χ4n) is 3.12. The van der Waals surface area contributed by atoms with Crippen LogP contribution in [0.3, 0.4) is 0 Å². The van der Waals surface area contributed by atoms with Crippen LogP contribution in [0.4, 0.5) is 8.78 Å². The van der Waals surface area contributed by atoms with Crippen molar-refractivity contribution < 1.29 is 8.78 Å². The molecule has 3 heteroatoms. The third-order valence-electron chi connectivity index (χ3n) is 4.55. The molecule has 0 spiro atoms. The quantitative estimate of drug-likeness (QED) is 0.596. The SMILES string of the molecule is C/C(=C(/C)c1[nH]c2cc(F)ccc2c1C)c1ccc(F)cc1C. The number of benzene rings is 2. The molecular weight excluding hydrogens is 292 g/mol. The van der Waals surface area contributed by atoms with Gasteiger partial charge in [0.25, 0.3) is 0 Å². The Balaban J connectivity index is 2.18. The Morgan fingerprint density at radius 1 is 0.870 bits per heavy atom. The van der Waals surface area contributed by atoms with Crippen molar-refractivity contribution in [2.24, 2.45) is 0 Å². The predicted octanol–water partition coefficient (Wildman–Crippen LogP) is 6.01. The third-order valence-corrected chi connectivity index (χ3v) is 4.55. The van der Waals surface area contributed by atoms with Gasteiger partial charge in [-0.15, -0.1) is 0 Å². The molecule has 0 saturated heterocycles. The third kappa shape index (κ3) is 2.67. The number of aromatic amines is 1. The molecule has 1 heterocycles. The minimum Gasteiger partial charge on any atom is -0.354 e. The van der Waals surface area contributed by atoms with Crippen LogP contribution in [0.25, 0.3) is 22.0 Å². The van der Waals surface area contributed by atoms with Crippen LogP contribution in [0.5, 0.6) is 0 Å². The Labute approximate surface area is 134 Å². The van der Waals surface area contributed by atoms with Crippen LogP contribution < -0.4 is 0 Å². The lowest BCUT2D eigenvalue weighted by molar-refractivity contribution is 0.626. The Morgan fingerprint density at radius 2 is 1.52 bits per heavy atom. The van der Waals surface area contributed by atoms with Crippen molar-refractivity contribution in [2.75, 3.05) is 0 Å². The molecule has 0 saturated carbocycles. The minimum atomic E-state index is -0.252. The van der Waals surface area contributed by atoms with Gasteiger partial charge in [-0.2, -0.15) is 0 Å². The molecule has 0 bridgehead atoms. The van der Waals surface area contributed by atoms with Crippen molar-refractivity contribution in [3.63, 3.8) is 0 Å². The van der Waals surface area contributed by atoms with E-state index in [2.05, 4.69) is 4.98 Å². The van der Waals surface area contributed by atoms with E-state index in [0.29, 0.717) is 0 Å². The number of hydrogen-bond acceptors (Lipinski definition) is 0. The molecule has 1 N–H and O–H groups in total. The molecule has 1 aromatic heterocycles. The van der Waals surface area contributed by atoms with E-state index in [1.165, 1.54) is 18.2 Å². The van der Waals surface area contributed by atoms with Crippen LogP contribution in [0.15, 0.2) is 36.4 Å². The molecule has 23 heavy (non-hydrogen) atoms. The van der Waals surface area contributed by atoms with Gasteiger partial charge in [-0.1, -0.05) is 6.07 Å². The van der Waals surface area contributed by atoms with Gasteiger partial charge in [-0.3, -0.25) is 0 Å². The number of fused-ring (bicyclic) bond motifs is 1. The van der Waals surface area contributed by atoms with Crippen molar-refractivity contribution in [1.29, 1.82) is 0 Å². The average molecular weight is 311 g/mol. The summed E-state index contributed by atoms with van der Waals surface area (Å²) in [5, 5.41) is 1.02. The summed E-state index contributed by atoms with van der Waals surface area (Å²) in [5.74, 6) is -0.480. The Bertz CT molecular complexity index is 932. The van der Waals surface area contributed by atoms with E-state index in [1.807, 2.05) is 27.7 Å². The summed E-state index contributed by atoms with van der Waals surface area (Å²) < 4.78 is 26.7. The standard InChI is InChI=1S/C20H19F2N/c1-11-9-15(21)5-7-17(11)12(2)13(3)20-14(4)18-8-6-16(22)10-19(18)23-20/h5-10,23H,1-4H3/b13-12+. The van der Waals surface area contributed by atoms with E-state index >= 15 is 0 Å². The molecule has 0 unspecified atom stereocenters. The number of H-pyrrole nitrogens is 1. The van der Waals surface area contributed by atoms with Crippen LogP contribution >= 0.6 is 0 Å². The summed E-state index contributed by atoms with van der Waals surface area (Å²) in [4.78, 5) is 3.31. The van der Waals surface area contributed by atoms with Crippen molar-refractivity contribution >= 4 is 22.0 Å². The Morgan fingerprint density at radius 3 is 2.22 bits per heavy atom. The van der Waals surface area contributed by atoms with Gasteiger partial charge >= 0.3 is 0 Å². The van der Waals surface area contributed by atoms with Gasteiger partial charge in [0.15, 0.2) is 0 Å². The van der Waals surface area contributed by atoms with Crippen LogP contribution in [0.2, 0.25) is 0 Å². The molecule has 1 nitrogen and oxygen atoms in total. The Kier molecular flexibility index (Phi) is 3.80. The van der Waals surface area contributed by atoms with E-state index in [4.69, 9.17) is 0 Å². The summed E-state index contributed by atoms with van der Waals surface area (Å²) in [7, 11) is 0. The lowest BCUT2D eigenvalue weighted by Gasteiger charge is -2.11. The maximum Gasteiger partial charge on any atom is 0.125 e. The lowest BCUT2D eigenvalue weighted by atomic mass is 9.95. The molecule has 0 amide bonds. The summed E-state index contributed by atoms with van der Waals surface area (Å²) >= 11 is 0. The number of aromatic nitrogens is 1. The van der Waals surface area contributed by atoms with E-state index in [0.717, 1.165) is 44.4 Å². The normalized spacial score (nSPS) is 12.6. The van der Waals surface area contributed by atoms with Gasteiger partial charge in [-0.25, -0.2) is 8.78 Å². The summed E-state index contributed by atoms with van der Waals surface area (Å²) in [5.41, 5.74) is 6.96. The van der Waals surface area contributed by atoms with Gasteiger partial charge < -0.3 is 4.98 Å². The molecule has 2 aromatic carbocycles. The van der Waals surface area contributed by atoms with Crippen LogP contribution in [-0.2, 0) is 0 Å². The number of rotatable bonds is 2. The summed E-state index contributed by atoms with van der Waals surface area (Å²) in [6, 6.07) is 9.61. The molecule has 118 valence electrons. The zero-order chi connectivity index (χ0) is 16.7. The van der Waals surface area contributed by atoms with Crippen LogP contribution in [0.1, 0.15) is 36.2 Å². The van der Waals surface area contributed by atoms with Crippen LogP contribution in [0, 0.1) is 25.5 Å². The topological polar surface area (TPSA) is 15.8 Å². The van der Waals surface area contributed by atoms with Crippen molar-refractivity contribution in [2.45, 2.75) is 27.7 Å². The number of aryl methyl sites for hydroxylation is 2. The number of nitrogens with one attached hydrogen (secondary N) is 1. The maximum atomic E-state index is 13.4. The van der Waals surface area contributed by atoms with Gasteiger partial charge in [-0.05, 0) is 85.9 Å². The fraction of sp³-hybridized carbons (Fsp3) is 0.200. The van der Waals surface area contributed by atoms with E-state index in [-0.39, 0.29) is 11.6 Å². The first-order chi connectivity index (χ1) is 10.9. The molecule has 0 radical (unpaired) electrons. The second-order valence-electron chi connectivity index (χ2n) is 6.02. The molecule has 0 aliphatic heterocycles. The summed E-state index contributed by atoms with van der Waals surface area (Å²) in [6.45, 7) is 8.00. The maximum absolute atomic E-state index is 13.4. The second-order valence-corrected chi connectivity index (χ2v) is 6.02. The van der Waals surface area contributed by atoms with Crippen molar-refractivity contribution in [1.82, 2.24) is 4.98 Å². The number of allylic oxidation sites excluding steroid dienone is 2. The lowest BCUT2D eigenvalue weighted by Crippen LogP contribution is -1.92. The smallest absolute Gasteiger partial charge is 0.125 e. The molecule has 0 atom stereocenters. The molecule has 0 fully saturated rings. The van der Waals surface area contributed by atoms with E-state index < -0.39 is 0 Å². The zero-order valence-corrected chi connectivity index (χ0v) is 13.7. The average Bonchev–Trinajstić information content (AvgIpc) is 2.82. The first-order valence-corrected chi connectivity index (χ1v) is 7.60. The monoisotopic (exact) mass is 311 g/mol. The highest BCUT2D eigenvalue weighted by atomic mass is 19.1. The summed E-state index contributed by atoms with van der Waals surface area (Å²) in [6.07, 6.45) is 0. The largest absolute Gasteiger partial charge is 0.354 e. The number of halogens is 2. The highest BCUT2D eigenvalue weighted by molar-refractivity contribution is 5.95. The van der Waals surface area contributed by atoms with Crippen molar-refractivity contribution in [3.05, 3.63) is 70.4 Å². The second kappa shape index (κ2) is 5.65. The van der Waals surface area contributed by atoms with Gasteiger partial charge in [0.05, 0.1) is 0 Å².